The minimum atomic E-state index is -0.785. The fraction of sp³-hybridized carbons (Fsp3) is 0.333. The van der Waals surface area contributed by atoms with E-state index in [1.54, 1.807) is 6.92 Å². The van der Waals surface area contributed by atoms with E-state index in [1.807, 2.05) is 0 Å². The van der Waals surface area contributed by atoms with Gasteiger partial charge in [-0.2, -0.15) is 0 Å². The van der Waals surface area contributed by atoms with Gasteiger partial charge in [-0.1, -0.05) is 0 Å². The molecule has 0 heterocycles. The van der Waals surface area contributed by atoms with Crippen molar-refractivity contribution in [3.05, 3.63) is 33.9 Å². The predicted octanol–water partition coefficient (Wildman–Crippen LogP) is 1.06. The third kappa shape index (κ3) is 4.23. The topological polar surface area (TPSA) is 125 Å². The van der Waals surface area contributed by atoms with Crippen molar-refractivity contribution in [2.24, 2.45) is 5.73 Å². The van der Waals surface area contributed by atoms with E-state index >= 15 is 0 Å². The van der Waals surface area contributed by atoms with Crippen LogP contribution in [0.25, 0.3) is 0 Å². The molecule has 0 aromatic heterocycles. The van der Waals surface area contributed by atoms with Crippen molar-refractivity contribution in [3.8, 4) is 0 Å². The van der Waals surface area contributed by atoms with Gasteiger partial charge in [0.1, 0.15) is 0 Å². The van der Waals surface area contributed by atoms with Crippen molar-refractivity contribution in [2.75, 3.05) is 18.5 Å². The Hall–Kier alpha value is -2.64. The van der Waals surface area contributed by atoms with Gasteiger partial charge < -0.3 is 15.8 Å². The molecule has 0 aliphatic heterocycles. The minimum Gasteiger partial charge on any atom is -0.466 e. The normalized spacial score (nSPS) is 9.85. The van der Waals surface area contributed by atoms with Gasteiger partial charge in [0.05, 0.1) is 23.5 Å². The van der Waals surface area contributed by atoms with Crippen molar-refractivity contribution < 1.29 is 19.2 Å². The summed E-state index contributed by atoms with van der Waals surface area (Å²) in [6.45, 7) is 2.23. The van der Waals surface area contributed by atoms with Crippen LogP contribution in [0.4, 0.5) is 11.4 Å². The highest BCUT2D eigenvalue weighted by atomic mass is 16.6. The Labute approximate surface area is 115 Å². The summed E-state index contributed by atoms with van der Waals surface area (Å²) >= 11 is 0. The second-order valence-electron chi connectivity index (χ2n) is 3.83. The fourth-order valence-corrected chi connectivity index (χ4v) is 1.54. The number of primary amides is 1. The number of esters is 1. The molecule has 8 nitrogen and oxygen atoms in total. The molecule has 0 spiro atoms. The molecule has 0 bridgehead atoms. The number of carbonyl (C=O) groups excluding carboxylic acids is 2. The Morgan fingerprint density at radius 3 is 2.70 bits per heavy atom. The summed E-state index contributed by atoms with van der Waals surface area (Å²) in [4.78, 5) is 32.4. The van der Waals surface area contributed by atoms with E-state index in [1.165, 1.54) is 12.1 Å². The first-order chi connectivity index (χ1) is 9.45. The van der Waals surface area contributed by atoms with E-state index < -0.39 is 10.8 Å². The number of rotatable bonds is 7. The molecule has 1 rings (SSSR count). The molecule has 0 atom stereocenters. The molecule has 8 heteroatoms. The first kappa shape index (κ1) is 15.4. The molecule has 1 amide bonds. The molecular weight excluding hydrogens is 266 g/mol. The lowest BCUT2D eigenvalue weighted by Crippen LogP contribution is -2.17. The molecule has 0 unspecified atom stereocenters. The van der Waals surface area contributed by atoms with Gasteiger partial charge in [-0.3, -0.25) is 19.7 Å². The zero-order chi connectivity index (χ0) is 15.1. The van der Waals surface area contributed by atoms with Gasteiger partial charge in [-0.15, -0.1) is 0 Å². The number of nitrogens with two attached hydrogens (primary N) is 1. The number of nitro benzene ring substituents is 1. The molecule has 0 aliphatic carbocycles. The van der Waals surface area contributed by atoms with E-state index in [4.69, 9.17) is 10.5 Å². The average molecular weight is 281 g/mol. The highest BCUT2D eigenvalue weighted by Gasteiger charge is 2.14. The number of hydrogen-bond donors (Lipinski definition) is 2. The number of nitrogens with zero attached hydrogens (tertiary/aromatic N) is 1. The summed E-state index contributed by atoms with van der Waals surface area (Å²) in [7, 11) is 0. The number of nitro groups is 1. The predicted molar refractivity (Wildman–Crippen MR) is 71.4 cm³/mol. The van der Waals surface area contributed by atoms with Gasteiger partial charge >= 0.3 is 5.97 Å². The van der Waals surface area contributed by atoms with Gasteiger partial charge in [0, 0.05) is 24.4 Å². The fourth-order valence-electron chi connectivity index (χ4n) is 1.54. The Kier molecular flexibility index (Phi) is 5.45. The number of nitrogens with one attached hydrogen (secondary N) is 1. The number of anilines is 1. The summed E-state index contributed by atoms with van der Waals surface area (Å²) < 4.78 is 4.75. The number of carbonyl (C=O) groups is 2. The van der Waals surface area contributed by atoms with Crippen LogP contribution in [-0.2, 0) is 9.53 Å². The highest BCUT2D eigenvalue weighted by Crippen LogP contribution is 2.21. The summed E-state index contributed by atoms with van der Waals surface area (Å²) in [5, 5.41) is 13.5. The van der Waals surface area contributed by atoms with E-state index in [2.05, 4.69) is 5.32 Å². The number of ether oxygens (including phenoxy) is 1. The molecule has 0 saturated heterocycles. The molecule has 1 aromatic carbocycles. The van der Waals surface area contributed by atoms with Crippen LogP contribution in [0.2, 0.25) is 0 Å². The molecule has 20 heavy (non-hydrogen) atoms. The second-order valence-corrected chi connectivity index (χ2v) is 3.83. The summed E-state index contributed by atoms with van der Waals surface area (Å²) in [6, 6.07) is 3.72. The van der Waals surface area contributed by atoms with Crippen molar-refractivity contribution >= 4 is 23.3 Å². The monoisotopic (exact) mass is 281 g/mol. The van der Waals surface area contributed by atoms with Gasteiger partial charge in [-0.25, -0.2) is 0 Å². The molecule has 0 fully saturated rings. The van der Waals surface area contributed by atoms with Crippen LogP contribution in [0.3, 0.4) is 0 Å². The quantitative estimate of drug-likeness (QED) is 0.437. The smallest absolute Gasteiger partial charge is 0.307 e. The summed E-state index contributed by atoms with van der Waals surface area (Å²) in [5.41, 5.74) is 5.29. The van der Waals surface area contributed by atoms with Crippen LogP contribution >= 0.6 is 0 Å². The Morgan fingerprint density at radius 2 is 2.15 bits per heavy atom. The number of hydrogen-bond acceptors (Lipinski definition) is 6. The number of benzene rings is 1. The number of amides is 1. The first-order valence-electron chi connectivity index (χ1n) is 5.93. The van der Waals surface area contributed by atoms with Crippen LogP contribution in [0.15, 0.2) is 18.2 Å². The molecular formula is C12H15N3O5. The SMILES string of the molecule is CCOC(=O)CCNc1ccc([N+](=O)[O-])cc1C(N)=O. The summed E-state index contributed by atoms with van der Waals surface area (Å²) in [6.07, 6.45) is 0.114. The molecule has 0 saturated carbocycles. The third-order valence-corrected chi connectivity index (χ3v) is 2.43. The van der Waals surface area contributed by atoms with Crippen LogP contribution in [-0.4, -0.2) is 30.0 Å². The maximum absolute atomic E-state index is 11.3. The molecule has 0 radical (unpaired) electrons. The lowest BCUT2D eigenvalue weighted by Gasteiger charge is -2.09. The zero-order valence-corrected chi connectivity index (χ0v) is 10.9. The minimum absolute atomic E-state index is 0.00283. The lowest BCUT2D eigenvalue weighted by molar-refractivity contribution is -0.384. The molecule has 0 aliphatic rings. The summed E-state index contributed by atoms with van der Waals surface area (Å²) in [5.74, 6) is -1.16. The Balaban J connectivity index is 2.77. The lowest BCUT2D eigenvalue weighted by atomic mass is 10.1. The largest absolute Gasteiger partial charge is 0.466 e. The average Bonchev–Trinajstić information content (AvgIpc) is 2.38. The molecule has 108 valence electrons. The Bertz CT molecular complexity index is 530. The first-order valence-corrected chi connectivity index (χ1v) is 5.93. The zero-order valence-electron chi connectivity index (χ0n) is 10.9. The highest BCUT2D eigenvalue weighted by molar-refractivity contribution is 5.99. The maximum Gasteiger partial charge on any atom is 0.307 e. The van der Waals surface area contributed by atoms with Crippen LogP contribution in [0.5, 0.6) is 0 Å². The third-order valence-electron chi connectivity index (χ3n) is 2.43. The standard InChI is InChI=1S/C12H15N3O5/c1-2-20-11(16)5-6-14-10-4-3-8(15(18)19)7-9(10)12(13)17/h3-4,7,14H,2,5-6H2,1H3,(H2,13,17). The van der Waals surface area contributed by atoms with Gasteiger partial charge in [-0.05, 0) is 13.0 Å². The van der Waals surface area contributed by atoms with E-state index in [-0.39, 0.29) is 30.2 Å². The second kappa shape index (κ2) is 7.07. The van der Waals surface area contributed by atoms with Crippen molar-refractivity contribution in [3.63, 3.8) is 0 Å². The van der Waals surface area contributed by atoms with Gasteiger partial charge in [0.15, 0.2) is 0 Å². The van der Waals surface area contributed by atoms with Crippen LogP contribution < -0.4 is 11.1 Å². The van der Waals surface area contributed by atoms with Crippen molar-refractivity contribution in [1.82, 2.24) is 0 Å². The van der Waals surface area contributed by atoms with E-state index in [0.29, 0.717) is 12.3 Å². The van der Waals surface area contributed by atoms with Crippen LogP contribution in [0.1, 0.15) is 23.7 Å². The van der Waals surface area contributed by atoms with Crippen molar-refractivity contribution in [1.29, 1.82) is 0 Å². The van der Waals surface area contributed by atoms with E-state index in [0.717, 1.165) is 6.07 Å². The number of non-ortho nitro benzene ring substituents is 1. The molecule has 1 aromatic rings. The maximum atomic E-state index is 11.3. The van der Waals surface area contributed by atoms with Gasteiger partial charge in [0.2, 0.25) is 0 Å². The Morgan fingerprint density at radius 1 is 1.45 bits per heavy atom. The van der Waals surface area contributed by atoms with Gasteiger partial charge in [0.25, 0.3) is 11.6 Å². The van der Waals surface area contributed by atoms with Crippen molar-refractivity contribution in [2.45, 2.75) is 13.3 Å². The van der Waals surface area contributed by atoms with E-state index in [9.17, 15) is 19.7 Å². The molecule has 3 N–H and O–H groups in total. The van der Waals surface area contributed by atoms with Crippen LogP contribution in [0, 0.1) is 10.1 Å².